The Morgan fingerprint density at radius 3 is 2.14 bits per heavy atom. The number of nitrogens with zero attached hydrogens (tertiary/aromatic N) is 2. The van der Waals surface area contributed by atoms with E-state index in [-0.39, 0.29) is 76.2 Å². The summed E-state index contributed by atoms with van der Waals surface area (Å²) < 4.78 is 0. The molecule has 2 heterocycles. The van der Waals surface area contributed by atoms with Crippen LogP contribution in [0.5, 0.6) is 0 Å². The number of benzene rings is 2. The minimum atomic E-state index is -0.0707. The molecule has 0 spiro atoms. The molecule has 2 aromatic rings. The second-order valence-electron chi connectivity index (χ2n) is 8.81. The topological polar surface area (TPSA) is 26.5 Å². The first kappa shape index (κ1) is 24.9. The van der Waals surface area contributed by atoms with Gasteiger partial charge in [-0.3, -0.25) is 4.99 Å². The average Bonchev–Trinajstić information content (AvgIpc) is 2.99. The van der Waals surface area contributed by atoms with Crippen molar-refractivity contribution in [3.63, 3.8) is 0 Å². The van der Waals surface area contributed by atoms with E-state index in [2.05, 4.69) is 96.2 Å². The fourth-order valence-electron chi connectivity index (χ4n) is 4.03. The average molecular weight is 533 g/mol. The Morgan fingerprint density at radius 2 is 1.45 bits per heavy atom. The maximum atomic E-state index is 4.87. The predicted octanol–water partition coefficient (Wildman–Crippen LogP) is 7.10. The zero-order chi connectivity index (χ0) is 19.4. The van der Waals surface area contributed by atoms with Gasteiger partial charge in [0.1, 0.15) is 0 Å². The fraction of sp³-hybridized carbons (Fsp3) is 0.320. The van der Waals surface area contributed by atoms with Gasteiger partial charge < -0.3 is 5.32 Å². The molecule has 144 valence electrons. The van der Waals surface area contributed by atoms with Crippen LogP contribution in [0.15, 0.2) is 65.3 Å². The Kier molecular flexibility index (Phi) is 7.71. The molecule has 4 rings (SSSR count). The summed E-state index contributed by atoms with van der Waals surface area (Å²) in [4.78, 5) is 4.87. The number of allylic oxidation sites excluding steroid dienone is 4. The third-order valence-electron chi connectivity index (χ3n) is 5.92. The van der Waals surface area contributed by atoms with Crippen LogP contribution in [0.2, 0.25) is 0 Å². The van der Waals surface area contributed by atoms with Crippen LogP contribution in [0.25, 0.3) is 5.32 Å². The molecular formula is C25H27N2Y2-. The van der Waals surface area contributed by atoms with Crippen molar-refractivity contribution in [1.82, 2.24) is 0 Å². The van der Waals surface area contributed by atoms with Gasteiger partial charge in [0.25, 0.3) is 0 Å². The quantitative estimate of drug-likeness (QED) is 0.394. The summed E-state index contributed by atoms with van der Waals surface area (Å²) in [7, 11) is 0. The van der Waals surface area contributed by atoms with Gasteiger partial charge >= 0.3 is 0 Å². The van der Waals surface area contributed by atoms with Gasteiger partial charge in [-0.2, -0.15) is 0 Å². The third kappa shape index (κ3) is 4.47. The minimum absolute atomic E-state index is 0. The molecule has 0 saturated carbocycles. The molecule has 4 heteroatoms. The molecule has 0 atom stereocenters. The van der Waals surface area contributed by atoms with Crippen LogP contribution in [0.1, 0.15) is 49.9 Å². The molecule has 0 amide bonds. The summed E-state index contributed by atoms with van der Waals surface area (Å²) >= 11 is 0. The molecule has 2 aliphatic rings. The summed E-state index contributed by atoms with van der Waals surface area (Å²) in [6.07, 6.45) is 6.39. The number of aliphatic imine (C=N–C) groups is 1. The van der Waals surface area contributed by atoms with Gasteiger partial charge in [0.05, 0.1) is 11.4 Å². The smallest absolute Gasteiger partial charge is 0.0674 e. The van der Waals surface area contributed by atoms with Crippen molar-refractivity contribution in [1.29, 1.82) is 0 Å². The zero-order valence-electron chi connectivity index (χ0n) is 18.2. The SMILES string of the molecule is Cc1ccc2c(c1)C(C)(C)C(/C=C/C=C1\[N-]c3ccc(C)cc3C1(C)C)=N2.[Y].[Y]. The maximum Gasteiger partial charge on any atom is 0.0674 e. The molecule has 0 fully saturated rings. The molecule has 0 aromatic heterocycles. The van der Waals surface area contributed by atoms with Crippen LogP contribution in [-0.2, 0) is 76.2 Å². The summed E-state index contributed by atoms with van der Waals surface area (Å²) in [5.74, 6) is 0. The van der Waals surface area contributed by atoms with Crippen molar-refractivity contribution in [3.8, 4) is 0 Å². The molecule has 2 aromatic carbocycles. The Bertz CT molecular complexity index is 1030. The maximum absolute atomic E-state index is 4.87. The van der Waals surface area contributed by atoms with E-state index in [1.165, 1.54) is 22.3 Å². The molecule has 2 nitrogen and oxygen atoms in total. The number of hydrogen-bond acceptors (Lipinski definition) is 1. The first-order valence-corrected chi connectivity index (χ1v) is 9.61. The second-order valence-corrected chi connectivity index (χ2v) is 8.81. The van der Waals surface area contributed by atoms with Gasteiger partial charge in [-0.15, -0.1) is 11.4 Å². The van der Waals surface area contributed by atoms with E-state index in [1.54, 1.807) is 0 Å². The molecule has 2 aliphatic heterocycles. The van der Waals surface area contributed by atoms with Crippen molar-refractivity contribution >= 4 is 17.1 Å². The molecule has 0 unspecified atom stereocenters. The van der Waals surface area contributed by atoms with Crippen LogP contribution < -0.4 is 0 Å². The fourth-order valence-corrected chi connectivity index (χ4v) is 4.03. The van der Waals surface area contributed by atoms with Gasteiger partial charge in [0, 0.05) is 70.8 Å². The van der Waals surface area contributed by atoms with E-state index < -0.39 is 0 Å². The Balaban J connectivity index is 0.00000150. The van der Waals surface area contributed by atoms with Crippen LogP contribution in [0.3, 0.4) is 0 Å². The Labute approximate surface area is 225 Å². The van der Waals surface area contributed by atoms with E-state index in [9.17, 15) is 0 Å². The molecule has 0 N–H and O–H groups in total. The van der Waals surface area contributed by atoms with Crippen molar-refractivity contribution < 1.29 is 65.4 Å². The van der Waals surface area contributed by atoms with Crippen LogP contribution >= 0.6 is 0 Å². The summed E-state index contributed by atoms with van der Waals surface area (Å²) in [5.41, 5.74) is 9.42. The largest absolute Gasteiger partial charge is 0.660 e. The third-order valence-corrected chi connectivity index (χ3v) is 5.92. The van der Waals surface area contributed by atoms with E-state index in [0.717, 1.165) is 22.8 Å². The standard InChI is InChI=1S/C25H27N2.2Y/c1-16-10-12-20-18(14-16)24(3,4)22(26-20)8-7-9-23-25(5,6)19-15-17(2)11-13-21(19)27-23;;/h7-15H,1-6H3;;/q-1;;/b8-7+,23-9-;;. The summed E-state index contributed by atoms with van der Waals surface area (Å²) in [6, 6.07) is 13.0. The minimum Gasteiger partial charge on any atom is -0.660 e. The van der Waals surface area contributed by atoms with Crippen molar-refractivity contribution in [2.45, 2.75) is 52.4 Å². The van der Waals surface area contributed by atoms with Crippen LogP contribution in [0.4, 0.5) is 11.4 Å². The summed E-state index contributed by atoms with van der Waals surface area (Å²) in [5, 5.41) is 4.87. The first-order valence-electron chi connectivity index (χ1n) is 9.61. The van der Waals surface area contributed by atoms with Crippen LogP contribution in [-0.4, -0.2) is 5.71 Å². The van der Waals surface area contributed by atoms with E-state index >= 15 is 0 Å². The first-order chi connectivity index (χ1) is 12.7. The van der Waals surface area contributed by atoms with Crippen molar-refractivity contribution in [2.24, 2.45) is 4.99 Å². The normalized spacial score (nSPS) is 19.1. The number of rotatable bonds is 2. The number of fused-ring (bicyclic) bond motifs is 2. The van der Waals surface area contributed by atoms with Gasteiger partial charge in [-0.1, -0.05) is 86.9 Å². The molecule has 29 heavy (non-hydrogen) atoms. The number of aryl methyl sites for hydroxylation is 2. The van der Waals surface area contributed by atoms with Gasteiger partial charge in [0.2, 0.25) is 0 Å². The predicted molar refractivity (Wildman–Crippen MR) is 116 cm³/mol. The summed E-state index contributed by atoms with van der Waals surface area (Å²) in [6.45, 7) is 13.3. The van der Waals surface area contributed by atoms with Crippen LogP contribution in [0, 0.1) is 13.8 Å². The Morgan fingerprint density at radius 1 is 0.828 bits per heavy atom. The zero-order valence-corrected chi connectivity index (χ0v) is 23.9. The molecule has 0 aliphatic carbocycles. The molecular weight excluding hydrogens is 506 g/mol. The monoisotopic (exact) mass is 533 g/mol. The second kappa shape index (κ2) is 8.99. The van der Waals surface area contributed by atoms with E-state index in [4.69, 9.17) is 10.3 Å². The number of hydrogen-bond donors (Lipinski definition) is 0. The van der Waals surface area contributed by atoms with Gasteiger partial charge in [0.15, 0.2) is 0 Å². The van der Waals surface area contributed by atoms with Crippen molar-refractivity contribution in [3.05, 3.63) is 87.9 Å². The van der Waals surface area contributed by atoms with Crippen molar-refractivity contribution in [2.75, 3.05) is 0 Å². The Hall–Kier alpha value is -0.402. The molecule has 0 bridgehead atoms. The van der Waals surface area contributed by atoms with E-state index in [1.807, 2.05) is 0 Å². The van der Waals surface area contributed by atoms with E-state index in [0.29, 0.717) is 0 Å². The molecule has 0 saturated heterocycles. The van der Waals surface area contributed by atoms with Gasteiger partial charge in [-0.05, 0) is 37.0 Å². The van der Waals surface area contributed by atoms with Gasteiger partial charge in [-0.25, -0.2) is 0 Å². The molecule has 2 radical (unpaired) electrons.